The number of ether oxygens (including phenoxy) is 2. The van der Waals surface area contributed by atoms with Crippen molar-refractivity contribution in [2.24, 2.45) is 0 Å². The molecule has 182 valence electrons. The lowest BCUT2D eigenvalue weighted by molar-refractivity contribution is -0.384. The maximum Gasteiger partial charge on any atom is 0.293 e. The van der Waals surface area contributed by atoms with Crippen LogP contribution >= 0.6 is 0 Å². The van der Waals surface area contributed by atoms with Crippen molar-refractivity contribution in [3.05, 3.63) is 52.1 Å². The zero-order chi connectivity index (χ0) is 24.7. The normalized spacial score (nSPS) is 12.9. The number of nitrogens with one attached hydrogen (secondary N) is 1. The highest BCUT2D eigenvalue weighted by molar-refractivity contribution is 6.00. The molecule has 0 bridgehead atoms. The number of nitro benzene ring substituents is 1. The highest BCUT2D eigenvalue weighted by atomic mass is 16.6. The number of hydrogen-bond donors (Lipinski definition) is 1. The minimum atomic E-state index is -0.479. The van der Waals surface area contributed by atoms with Crippen LogP contribution in [0.5, 0.6) is 11.5 Å². The van der Waals surface area contributed by atoms with Crippen molar-refractivity contribution < 1.29 is 24.0 Å². The molecule has 0 aliphatic carbocycles. The molecule has 1 saturated heterocycles. The van der Waals surface area contributed by atoms with Crippen LogP contribution in [0.15, 0.2) is 36.4 Å². The molecule has 2 aromatic carbocycles. The van der Waals surface area contributed by atoms with Gasteiger partial charge in [-0.3, -0.25) is 19.7 Å². The number of rotatable bonds is 10. The molecule has 34 heavy (non-hydrogen) atoms. The summed E-state index contributed by atoms with van der Waals surface area (Å²) in [4.78, 5) is 39.7. The van der Waals surface area contributed by atoms with Gasteiger partial charge in [-0.2, -0.15) is 0 Å². The highest BCUT2D eigenvalue weighted by Crippen LogP contribution is 2.32. The zero-order valence-corrected chi connectivity index (χ0v) is 19.7. The van der Waals surface area contributed by atoms with E-state index in [2.05, 4.69) is 5.32 Å². The Labute approximate surface area is 198 Å². The average Bonchev–Trinajstić information content (AvgIpc) is 3.35. The molecule has 1 aliphatic rings. The van der Waals surface area contributed by atoms with Crippen LogP contribution in [0.2, 0.25) is 0 Å². The number of nitrogens with zero attached hydrogens (tertiary/aromatic N) is 3. The molecule has 0 radical (unpaired) electrons. The molecule has 1 aliphatic heterocycles. The Kier molecular flexibility index (Phi) is 8.29. The van der Waals surface area contributed by atoms with E-state index in [4.69, 9.17) is 9.47 Å². The van der Waals surface area contributed by atoms with Gasteiger partial charge in [-0.1, -0.05) is 0 Å². The summed E-state index contributed by atoms with van der Waals surface area (Å²) in [6, 6.07) is 9.52. The van der Waals surface area contributed by atoms with Crippen LogP contribution in [-0.4, -0.2) is 61.5 Å². The topological polar surface area (TPSA) is 114 Å². The van der Waals surface area contributed by atoms with Gasteiger partial charge in [0.2, 0.25) is 5.91 Å². The quantitative estimate of drug-likeness (QED) is 0.416. The lowest BCUT2D eigenvalue weighted by atomic mass is 10.1. The van der Waals surface area contributed by atoms with E-state index in [-0.39, 0.29) is 17.8 Å². The summed E-state index contributed by atoms with van der Waals surface area (Å²) < 4.78 is 11.1. The van der Waals surface area contributed by atoms with E-state index in [0.717, 1.165) is 25.9 Å². The molecule has 10 nitrogen and oxygen atoms in total. The fourth-order valence-electron chi connectivity index (χ4n) is 3.87. The van der Waals surface area contributed by atoms with E-state index < -0.39 is 16.7 Å². The number of anilines is 2. The summed E-state index contributed by atoms with van der Waals surface area (Å²) in [5, 5.41) is 14.4. The maximum absolute atomic E-state index is 12.9. The Morgan fingerprint density at radius 1 is 1.06 bits per heavy atom. The number of carbonyl (C=O) groups is 2. The van der Waals surface area contributed by atoms with E-state index in [1.807, 2.05) is 18.7 Å². The molecule has 2 aromatic rings. The van der Waals surface area contributed by atoms with Crippen LogP contribution < -0.4 is 19.7 Å². The van der Waals surface area contributed by atoms with Crippen LogP contribution in [-0.2, 0) is 4.79 Å². The second-order valence-electron chi connectivity index (χ2n) is 7.89. The smallest absolute Gasteiger partial charge is 0.293 e. The Morgan fingerprint density at radius 2 is 1.74 bits per heavy atom. The van der Waals surface area contributed by atoms with Crippen LogP contribution in [0, 0.1) is 10.1 Å². The molecule has 3 rings (SSSR count). The first-order valence-corrected chi connectivity index (χ1v) is 11.3. The van der Waals surface area contributed by atoms with Gasteiger partial charge in [0.1, 0.15) is 5.69 Å². The second-order valence-corrected chi connectivity index (χ2v) is 7.89. The van der Waals surface area contributed by atoms with E-state index in [0.29, 0.717) is 36.1 Å². The van der Waals surface area contributed by atoms with Crippen molar-refractivity contribution in [1.82, 2.24) is 4.90 Å². The predicted octanol–water partition coefficient (Wildman–Crippen LogP) is 3.70. The number of hydrogen-bond acceptors (Lipinski definition) is 7. The van der Waals surface area contributed by atoms with E-state index in [1.54, 1.807) is 30.3 Å². The fourth-order valence-corrected chi connectivity index (χ4v) is 3.87. The van der Waals surface area contributed by atoms with Gasteiger partial charge < -0.3 is 24.6 Å². The van der Waals surface area contributed by atoms with Gasteiger partial charge in [0, 0.05) is 43.5 Å². The summed E-state index contributed by atoms with van der Waals surface area (Å²) in [5.74, 6) is 0.198. The van der Waals surface area contributed by atoms with Crippen molar-refractivity contribution in [3.8, 4) is 11.5 Å². The summed E-state index contributed by atoms with van der Waals surface area (Å²) >= 11 is 0. The predicted molar refractivity (Wildman–Crippen MR) is 129 cm³/mol. The Bertz CT molecular complexity index is 1050. The lowest BCUT2D eigenvalue weighted by Gasteiger charge is -2.20. The minimum absolute atomic E-state index is 0.108. The van der Waals surface area contributed by atoms with Crippen LogP contribution in [0.1, 0.15) is 37.0 Å². The van der Waals surface area contributed by atoms with Crippen molar-refractivity contribution >= 4 is 28.9 Å². The summed E-state index contributed by atoms with van der Waals surface area (Å²) in [7, 11) is 1.48. The van der Waals surface area contributed by atoms with Gasteiger partial charge in [-0.25, -0.2) is 0 Å². The Balaban J connectivity index is 1.68. The third kappa shape index (κ3) is 5.94. The number of likely N-dealkylation sites (N-methyl/N-ethyl adjacent to an activating group) is 1. The van der Waals surface area contributed by atoms with Crippen LogP contribution in [0.4, 0.5) is 17.1 Å². The monoisotopic (exact) mass is 470 g/mol. The van der Waals surface area contributed by atoms with Crippen molar-refractivity contribution in [2.45, 2.75) is 26.7 Å². The van der Waals surface area contributed by atoms with Gasteiger partial charge in [0.15, 0.2) is 11.5 Å². The second kappa shape index (κ2) is 11.4. The molecule has 0 unspecified atom stereocenters. The van der Waals surface area contributed by atoms with Gasteiger partial charge in [-0.05, 0) is 51.0 Å². The molecule has 0 aromatic heterocycles. The van der Waals surface area contributed by atoms with Crippen molar-refractivity contribution in [1.29, 1.82) is 0 Å². The van der Waals surface area contributed by atoms with Crippen molar-refractivity contribution in [2.75, 3.05) is 50.1 Å². The van der Waals surface area contributed by atoms with Gasteiger partial charge in [0.25, 0.3) is 11.6 Å². The third-order valence-electron chi connectivity index (χ3n) is 5.42. The van der Waals surface area contributed by atoms with E-state index in [1.165, 1.54) is 18.0 Å². The lowest BCUT2D eigenvalue weighted by Crippen LogP contribution is -2.35. The molecule has 0 atom stereocenters. The molecule has 0 spiro atoms. The van der Waals surface area contributed by atoms with Gasteiger partial charge in [0.05, 0.1) is 24.7 Å². The largest absolute Gasteiger partial charge is 0.490 e. The number of amides is 2. The molecule has 1 heterocycles. The molecule has 1 fully saturated rings. The molecule has 2 amide bonds. The number of benzene rings is 2. The van der Waals surface area contributed by atoms with Gasteiger partial charge >= 0.3 is 0 Å². The van der Waals surface area contributed by atoms with Crippen molar-refractivity contribution in [3.63, 3.8) is 0 Å². The van der Waals surface area contributed by atoms with E-state index in [9.17, 15) is 19.7 Å². The molecular weight excluding hydrogens is 440 g/mol. The summed E-state index contributed by atoms with van der Waals surface area (Å²) in [6.45, 7) is 5.93. The highest BCUT2D eigenvalue weighted by Gasteiger charge is 2.25. The first kappa shape index (κ1) is 24.8. The Morgan fingerprint density at radius 3 is 2.38 bits per heavy atom. The molecule has 10 heteroatoms. The maximum atomic E-state index is 12.9. The minimum Gasteiger partial charge on any atom is -0.490 e. The van der Waals surface area contributed by atoms with Crippen LogP contribution in [0.25, 0.3) is 0 Å². The fraction of sp³-hybridized carbons (Fsp3) is 0.417. The number of nitro groups is 1. The van der Waals surface area contributed by atoms with E-state index >= 15 is 0 Å². The summed E-state index contributed by atoms with van der Waals surface area (Å²) in [5.41, 5.74) is 1.07. The average molecular weight is 471 g/mol. The third-order valence-corrected chi connectivity index (χ3v) is 5.42. The standard InChI is InChI=1S/C24H30N4O6/c1-4-33-21-11-9-18(15-22(21)34-5-2)25-23(29)16-26(3)24(30)17-8-10-19(20(14-17)28(31)32)27-12-6-7-13-27/h8-11,14-15H,4-7,12-13,16H2,1-3H3,(H,25,29). The first-order valence-electron chi connectivity index (χ1n) is 11.3. The zero-order valence-electron chi connectivity index (χ0n) is 19.7. The Hall–Kier alpha value is -3.82. The summed E-state index contributed by atoms with van der Waals surface area (Å²) in [6.07, 6.45) is 1.96. The number of carbonyl (C=O) groups excluding carboxylic acids is 2. The first-order chi connectivity index (χ1) is 16.3. The SMILES string of the molecule is CCOc1ccc(NC(=O)CN(C)C(=O)c2ccc(N3CCCC3)c([N+](=O)[O-])c2)cc1OCC. The van der Waals surface area contributed by atoms with Gasteiger partial charge in [-0.15, -0.1) is 0 Å². The molecule has 0 saturated carbocycles. The van der Waals surface area contributed by atoms with Crippen LogP contribution in [0.3, 0.4) is 0 Å². The molecular formula is C24H30N4O6. The molecule has 1 N–H and O–H groups in total.